The van der Waals surface area contributed by atoms with Gasteiger partial charge >= 0.3 is 0 Å². The van der Waals surface area contributed by atoms with Crippen molar-refractivity contribution in [2.24, 2.45) is 0 Å². The van der Waals surface area contributed by atoms with Crippen LogP contribution < -0.4 is 67.6 Å². The second kappa shape index (κ2) is 6040. The van der Waals surface area contributed by atoms with Crippen LogP contribution in [-0.2, 0) is 0 Å². The molecule has 0 fully saturated rings. The first kappa shape index (κ1) is 25.7. The van der Waals surface area contributed by atoms with E-state index >= 15 is 0 Å². The molecule has 0 aliphatic rings. The van der Waals surface area contributed by atoms with E-state index in [4.69, 9.17) is 28.3 Å². The van der Waals surface area contributed by atoms with Crippen LogP contribution in [0.25, 0.3) is 0 Å². The van der Waals surface area contributed by atoms with Gasteiger partial charge in [0.2, 0.25) is 0 Å². The maximum absolute atomic E-state index is 6.31. The third-order valence-electron chi connectivity index (χ3n) is 0. The Morgan fingerprint density at radius 3 is 0.423 bits per heavy atom. The quantitative estimate of drug-likeness (QED) is 0.136. The Bertz CT molecular complexity index is 145. The summed E-state index contributed by atoms with van der Waals surface area (Å²) in [5.41, 5.74) is 0. The highest BCUT2D eigenvalue weighted by atomic mass is 31.0. The molecule has 5 atom stereocenters. The van der Waals surface area contributed by atoms with Crippen molar-refractivity contribution in [3.05, 3.63) is 0 Å². The molecule has 0 rings (SSSR count). The molecule has 0 heterocycles. The molecule has 5 unspecified atom stereocenters. The smallest absolute Gasteiger partial charge is 0.115 e. The largest absolute Gasteiger partial charge is 0.344 e. The molecule has 26 heavy (non-hydrogen) atoms. The molecule has 0 saturated carbocycles. The van der Waals surface area contributed by atoms with Crippen LogP contribution in [0.4, 0.5) is 0 Å². The predicted octanol–water partition coefficient (Wildman–Crippen LogP) is 7.42. The summed E-state index contributed by atoms with van der Waals surface area (Å²) < 4.78 is 121. The molecule has 0 aromatic heterocycles. The monoisotopic (exact) mass is 534 g/mol. The first-order valence-corrected chi connectivity index (χ1v) is 6.71. The van der Waals surface area contributed by atoms with Crippen LogP contribution in [0.2, 0.25) is 15.5 Å². The van der Waals surface area contributed by atoms with Crippen LogP contribution in [0.5, 0.6) is 0 Å². The van der Waals surface area contributed by atoms with Crippen molar-refractivity contribution in [1.82, 2.24) is 67.6 Å². The molecule has 0 bridgehead atoms. The van der Waals surface area contributed by atoms with E-state index in [1.165, 1.54) is 0 Å². The number of hydrogen-bond donors (Lipinski definition) is 11. The Morgan fingerprint density at radius 1 is 0.423 bits per heavy atom. The lowest BCUT2D eigenvalue weighted by Gasteiger charge is -1.10. The number of hydrogen-bond acceptors (Lipinski definition) is 11. The molecule has 0 spiro atoms. The van der Waals surface area contributed by atoms with E-state index in [0.717, 1.165) is 0 Å². The van der Waals surface area contributed by atoms with Crippen LogP contribution in [0.3, 0.4) is 0 Å². The van der Waals surface area contributed by atoms with E-state index in [1.807, 2.05) is 0 Å². The van der Waals surface area contributed by atoms with Gasteiger partial charge in [0.1, 0.15) is 15.5 Å². The summed E-state index contributed by atoms with van der Waals surface area (Å²) in [6, 6.07) is 0. The first-order valence-electron chi connectivity index (χ1n) is 13.1. The molecule has 16 heteroatoms. The second-order valence-corrected chi connectivity index (χ2v) is 0. The predicted molar refractivity (Wildman–Crippen MR) is 167 cm³/mol. The molecule has 0 aromatic rings. The maximum Gasteiger partial charge on any atom is 0.115 e. The van der Waals surface area contributed by atoms with Gasteiger partial charge in [0, 0.05) is 0 Å². The Morgan fingerprint density at radius 2 is 0.423 bits per heavy atom. The Hall–Kier alpha value is 1.71. The topological polar surface area (TPSA) is 385 Å². The summed E-state index contributed by atoms with van der Waals surface area (Å²) in [6.45, 7) is 7.82. The minimum Gasteiger partial charge on any atom is -0.344 e. The van der Waals surface area contributed by atoms with Crippen molar-refractivity contribution in [2.75, 3.05) is 33.3 Å². The Kier molecular flexibility index (Phi) is 5980. The van der Waals surface area contributed by atoms with E-state index in [-0.39, 0.29) is 37.1 Å². The summed E-state index contributed by atoms with van der Waals surface area (Å²) in [6.07, 6.45) is 41.2. The van der Waals surface area contributed by atoms with Gasteiger partial charge in [-0.05, 0) is 0 Å². The summed E-state index contributed by atoms with van der Waals surface area (Å²) in [5.74, 6) is 0. The average Bonchev–Trinajstić information content (AvgIpc) is 2.99. The van der Waals surface area contributed by atoms with Gasteiger partial charge in [0.15, 0.2) is 0 Å². The van der Waals surface area contributed by atoms with Gasteiger partial charge in [-0.15, -0.1) is 45.6 Å². The molecule has 0 aromatic carbocycles. The van der Waals surface area contributed by atoms with Gasteiger partial charge < -0.3 is 67.6 Å². The molecule has 0 amide bonds. The summed E-state index contributed by atoms with van der Waals surface area (Å²) >= 11 is 0. The highest BCUT2D eigenvalue weighted by Crippen LogP contribution is 1.47. The lowest BCUT2D eigenvalue weighted by molar-refractivity contribution is 2.13. The highest BCUT2D eigenvalue weighted by Gasteiger charge is 0.914. The van der Waals surface area contributed by atoms with Crippen molar-refractivity contribution in [3.63, 3.8) is 0 Å². The molecule has 0 aliphatic heterocycles. The zero-order valence-electron chi connectivity index (χ0n) is 34.6. The second-order valence-electron chi connectivity index (χ2n) is 0. The van der Waals surface area contributed by atoms with Crippen LogP contribution in [0.1, 0.15) is 37.1 Å². The van der Waals surface area contributed by atoms with Gasteiger partial charge in [-0.2, -0.15) is 0 Å². The van der Waals surface area contributed by atoms with E-state index in [1.54, 1.807) is 33.3 Å². The third-order valence-corrected chi connectivity index (χ3v) is 0. The molecule has 0 saturated heterocycles. The van der Waals surface area contributed by atoms with Crippen molar-refractivity contribution in [1.29, 1.82) is 12.8 Å². The Labute approximate surface area is 213 Å². The van der Waals surface area contributed by atoms with Crippen molar-refractivity contribution in [2.45, 2.75) is 37.1 Å². The van der Waals surface area contributed by atoms with E-state index in [0.29, 0.717) is 0 Å². The highest BCUT2D eigenvalue weighted by molar-refractivity contribution is 7.15. The summed E-state index contributed by atoms with van der Waals surface area (Å²) in [7, 11) is -5.60. The minimum atomic E-state index is -1.12. The van der Waals surface area contributed by atoms with Crippen molar-refractivity contribution in [3.8, 4) is 0 Å². The van der Waals surface area contributed by atoms with Crippen LogP contribution in [0, 0.1) is 0 Å². The van der Waals surface area contributed by atoms with Crippen LogP contribution >= 0.6 is 45.6 Å². The van der Waals surface area contributed by atoms with Gasteiger partial charge in [-0.3, -0.25) is 0 Å². The van der Waals surface area contributed by atoms with Gasteiger partial charge in [-0.1, -0.05) is 70.5 Å². The lowest BCUT2D eigenvalue weighted by atomic mass is 12.0. The molecule has 0 aliphatic carbocycles. The third kappa shape index (κ3) is 5370. The lowest BCUT2D eigenvalue weighted by Crippen LogP contribution is -0.804. The van der Waals surface area contributed by atoms with E-state index in [9.17, 15) is 0 Å². The summed E-state index contributed by atoms with van der Waals surface area (Å²) in [5, 5.41) is 0. The fourth-order valence-electron chi connectivity index (χ4n) is 0. The van der Waals surface area contributed by atoms with Crippen LogP contribution in [0.15, 0.2) is 0 Å². The zero-order chi connectivity index (χ0) is 39.9. The minimum absolute atomic E-state index is 0. The SMILES string of the molecule is C.C.C.C.C.[2H]N.[2H]N.[2H]N.[2H]N.[2H]N.[2H]N.[2H]N.[2H]N.[2H]N.[2H]N.[2H]N.[2H]P([3H])C.[2H]P([3H])C.[2H]P([3H])C.[2H]P([3H])C.[2H]P([3H])C. The van der Waals surface area contributed by atoms with Crippen LogP contribution in [-0.4, -0.2) is 46.1 Å². The summed E-state index contributed by atoms with van der Waals surface area (Å²) in [4.78, 5) is 0. The molecule has 33 N–H and O–H groups in total. The van der Waals surface area contributed by atoms with Gasteiger partial charge in [0.25, 0.3) is 0 Å². The average molecular weight is 534 g/mol. The molecule has 198 valence electrons. The molecule has 0 radical (unpaired) electrons. The fraction of sp³-hybridized carbons (Fsp3) is 1.00. The van der Waals surface area contributed by atoms with E-state index in [2.05, 4.69) is 67.6 Å². The first-order chi connectivity index (χ1) is 19.7. The standard InChI is InChI=1S/5CH5P.5CH4.11H3N/c5*1-2;;;;;;;;;;;;;;;;/h5*2H2,1H3;5*1H4;11*1H3/i5*2TD;;;;;;;;;;;;;;;;/hD11. The maximum atomic E-state index is 6.31. The van der Waals surface area contributed by atoms with Crippen molar-refractivity contribution >= 4 is 45.6 Å². The molecular weight excluding hydrogens is 429 g/mol. The number of rotatable bonds is 0. The molecular formula is C10H78N11P5. The van der Waals surface area contributed by atoms with Gasteiger partial charge in [0.05, 0.1) is 12.8 Å². The normalized spacial score (nSPS) is 15.5. The Balaban J connectivity index is -0.00000000812. The van der Waals surface area contributed by atoms with E-state index < -0.39 is 45.6 Å². The van der Waals surface area contributed by atoms with Gasteiger partial charge in [-0.25, -0.2) is 0 Å². The van der Waals surface area contributed by atoms with Crippen molar-refractivity contribution < 1.29 is 15.5 Å². The zero-order valence-corrected chi connectivity index (χ0v) is 18.1. The fourth-order valence-corrected chi connectivity index (χ4v) is 0. The molecule has 11 nitrogen and oxygen atoms in total.